The molecule has 108 valence electrons. The Morgan fingerprint density at radius 2 is 2.10 bits per heavy atom. The predicted molar refractivity (Wildman–Crippen MR) is 83.9 cm³/mol. The van der Waals surface area contributed by atoms with E-state index in [0.29, 0.717) is 22.9 Å². The summed E-state index contributed by atoms with van der Waals surface area (Å²) in [4.78, 5) is 11.9. The number of furan rings is 1. The molecular formula is C16H13Cl2NO2. The fourth-order valence-electron chi connectivity index (χ4n) is 2.43. The number of benzene rings is 1. The molecule has 0 saturated carbocycles. The summed E-state index contributed by atoms with van der Waals surface area (Å²) in [5, 5.41) is 4.31. The van der Waals surface area contributed by atoms with Crippen LogP contribution in [0.2, 0.25) is 10.0 Å². The molecule has 3 rings (SSSR count). The van der Waals surface area contributed by atoms with Gasteiger partial charge in [-0.1, -0.05) is 29.3 Å². The number of ketones is 1. The molecular weight excluding hydrogens is 309 g/mol. The maximum Gasteiger partial charge on any atom is 0.139 e. The maximum atomic E-state index is 11.9. The molecule has 1 heterocycles. The zero-order valence-corrected chi connectivity index (χ0v) is 12.6. The third-order valence-corrected chi connectivity index (χ3v) is 3.92. The molecule has 2 aromatic rings. The normalized spacial score (nSPS) is 18.5. The van der Waals surface area contributed by atoms with Gasteiger partial charge in [-0.2, -0.15) is 0 Å². The van der Waals surface area contributed by atoms with Gasteiger partial charge in [0, 0.05) is 29.5 Å². The van der Waals surface area contributed by atoms with Gasteiger partial charge in [-0.15, -0.1) is 0 Å². The summed E-state index contributed by atoms with van der Waals surface area (Å²) in [6, 6.07) is 8.93. The van der Waals surface area contributed by atoms with Gasteiger partial charge in [0.1, 0.15) is 11.5 Å². The van der Waals surface area contributed by atoms with Crippen molar-refractivity contribution in [3.8, 4) is 0 Å². The minimum Gasteiger partial charge on any atom is -0.469 e. The number of halogens is 2. The number of carbonyl (C=O) groups is 1. The van der Waals surface area contributed by atoms with Crippen LogP contribution in [0.1, 0.15) is 24.5 Å². The molecule has 0 aliphatic heterocycles. The van der Waals surface area contributed by atoms with Gasteiger partial charge in [-0.3, -0.25) is 4.79 Å². The Hall–Kier alpha value is -1.71. The lowest BCUT2D eigenvalue weighted by Gasteiger charge is -2.20. The molecule has 1 atom stereocenters. The topological polar surface area (TPSA) is 42.2 Å². The van der Waals surface area contributed by atoms with Crippen molar-refractivity contribution in [1.82, 2.24) is 0 Å². The second kappa shape index (κ2) is 5.96. The Bertz CT molecular complexity index is 692. The van der Waals surface area contributed by atoms with Gasteiger partial charge in [0.15, 0.2) is 0 Å². The van der Waals surface area contributed by atoms with E-state index in [1.165, 1.54) is 0 Å². The molecule has 0 spiro atoms. The zero-order valence-electron chi connectivity index (χ0n) is 11.1. The fraction of sp³-hybridized carbons (Fsp3) is 0.188. The molecule has 0 saturated heterocycles. The number of rotatable bonds is 3. The molecule has 0 fully saturated rings. The second-order valence-electron chi connectivity index (χ2n) is 4.98. The Kier molecular flexibility index (Phi) is 4.04. The van der Waals surface area contributed by atoms with Crippen LogP contribution in [-0.4, -0.2) is 5.78 Å². The van der Waals surface area contributed by atoms with Gasteiger partial charge in [0.2, 0.25) is 0 Å². The highest BCUT2D eigenvalue weighted by atomic mass is 35.5. The molecule has 1 aliphatic rings. The van der Waals surface area contributed by atoms with Crippen LogP contribution >= 0.6 is 23.2 Å². The minimum absolute atomic E-state index is 0.0326. The Labute approximate surface area is 132 Å². The highest BCUT2D eigenvalue weighted by Gasteiger charge is 2.23. The zero-order chi connectivity index (χ0) is 14.8. The Morgan fingerprint density at radius 3 is 2.81 bits per heavy atom. The number of hydrogen-bond donors (Lipinski definition) is 1. The van der Waals surface area contributed by atoms with E-state index in [1.54, 1.807) is 24.5 Å². The van der Waals surface area contributed by atoms with Crippen LogP contribution in [0, 0.1) is 0 Å². The number of hydrogen-bond acceptors (Lipinski definition) is 3. The van der Waals surface area contributed by atoms with Gasteiger partial charge in [-0.05, 0) is 30.3 Å². The first-order valence-electron chi connectivity index (χ1n) is 6.59. The molecule has 1 aromatic heterocycles. The Balaban J connectivity index is 1.85. The first-order chi connectivity index (χ1) is 10.1. The second-order valence-corrected chi connectivity index (χ2v) is 5.83. The molecule has 1 aromatic carbocycles. The van der Waals surface area contributed by atoms with E-state index in [1.807, 2.05) is 18.2 Å². The van der Waals surface area contributed by atoms with Crippen molar-refractivity contribution in [2.75, 3.05) is 5.32 Å². The fourth-order valence-corrected chi connectivity index (χ4v) is 2.88. The van der Waals surface area contributed by atoms with Crippen molar-refractivity contribution in [3.63, 3.8) is 0 Å². The Morgan fingerprint density at radius 1 is 1.24 bits per heavy atom. The van der Waals surface area contributed by atoms with E-state index in [9.17, 15) is 4.79 Å². The van der Waals surface area contributed by atoms with E-state index < -0.39 is 0 Å². The standard InChI is InChI=1S/C16H13Cl2NO2/c17-11-3-4-15(14(18)8-11)19-12-6-10(7-13(20)9-12)16-2-1-5-21-16/h1-6,8,10,19H,7,9H2. The summed E-state index contributed by atoms with van der Waals surface area (Å²) in [5.41, 5.74) is 1.57. The van der Waals surface area contributed by atoms with E-state index in [2.05, 4.69) is 5.32 Å². The number of carbonyl (C=O) groups excluding carboxylic acids is 1. The van der Waals surface area contributed by atoms with E-state index in [-0.39, 0.29) is 11.7 Å². The largest absolute Gasteiger partial charge is 0.469 e. The summed E-state index contributed by atoms with van der Waals surface area (Å²) in [6.07, 6.45) is 4.47. The molecule has 0 amide bonds. The average Bonchev–Trinajstić information content (AvgIpc) is 2.95. The van der Waals surface area contributed by atoms with Gasteiger partial charge in [0.25, 0.3) is 0 Å². The lowest BCUT2D eigenvalue weighted by atomic mass is 9.90. The molecule has 1 unspecified atom stereocenters. The highest BCUT2D eigenvalue weighted by molar-refractivity contribution is 6.36. The summed E-state index contributed by atoms with van der Waals surface area (Å²) in [6.45, 7) is 0. The maximum absolute atomic E-state index is 11.9. The van der Waals surface area contributed by atoms with Crippen LogP contribution in [0.15, 0.2) is 52.8 Å². The van der Waals surface area contributed by atoms with Crippen molar-refractivity contribution in [3.05, 3.63) is 64.2 Å². The summed E-state index contributed by atoms with van der Waals surface area (Å²) < 4.78 is 5.39. The SMILES string of the molecule is O=C1CC(Nc2ccc(Cl)cc2Cl)=CC(c2ccco2)C1. The molecule has 1 aliphatic carbocycles. The van der Waals surface area contributed by atoms with Crippen molar-refractivity contribution < 1.29 is 9.21 Å². The van der Waals surface area contributed by atoms with Crippen molar-refractivity contribution in [2.24, 2.45) is 0 Å². The molecule has 1 N–H and O–H groups in total. The van der Waals surface area contributed by atoms with Crippen LogP contribution in [0.25, 0.3) is 0 Å². The summed E-state index contributed by atoms with van der Waals surface area (Å²) in [5.74, 6) is 0.936. The lowest BCUT2D eigenvalue weighted by molar-refractivity contribution is -0.119. The number of Topliss-reactive ketones (excluding diaryl/α,β-unsaturated/α-hetero) is 1. The number of anilines is 1. The molecule has 5 heteroatoms. The summed E-state index contributed by atoms with van der Waals surface area (Å²) >= 11 is 12.0. The van der Waals surface area contributed by atoms with Crippen molar-refractivity contribution >= 4 is 34.7 Å². The van der Waals surface area contributed by atoms with Crippen LogP contribution < -0.4 is 5.32 Å². The van der Waals surface area contributed by atoms with E-state index in [0.717, 1.165) is 17.1 Å². The monoisotopic (exact) mass is 321 g/mol. The van der Waals surface area contributed by atoms with Gasteiger partial charge < -0.3 is 9.73 Å². The van der Waals surface area contributed by atoms with Crippen LogP contribution in [-0.2, 0) is 4.79 Å². The van der Waals surface area contributed by atoms with Crippen LogP contribution in [0.4, 0.5) is 5.69 Å². The third-order valence-electron chi connectivity index (χ3n) is 3.37. The van der Waals surface area contributed by atoms with Crippen molar-refractivity contribution in [2.45, 2.75) is 18.8 Å². The van der Waals surface area contributed by atoms with Crippen molar-refractivity contribution in [1.29, 1.82) is 0 Å². The molecule has 21 heavy (non-hydrogen) atoms. The minimum atomic E-state index is -0.0326. The number of nitrogens with one attached hydrogen (secondary N) is 1. The third kappa shape index (κ3) is 3.31. The van der Waals surface area contributed by atoms with Gasteiger partial charge >= 0.3 is 0 Å². The molecule has 3 nitrogen and oxygen atoms in total. The molecule has 0 radical (unpaired) electrons. The van der Waals surface area contributed by atoms with E-state index in [4.69, 9.17) is 27.6 Å². The quantitative estimate of drug-likeness (QED) is 0.862. The van der Waals surface area contributed by atoms with E-state index >= 15 is 0 Å². The van der Waals surface area contributed by atoms with Crippen LogP contribution in [0.5, 0.6) is 0 Å². The predicted octanol–water partition coefficient (Wildman–Crippen LogP) is 5.03. The smallest absolute Gasteiger partial charge is 0.139 e. The van der Waals surface area contributed by atoms with Gasteiger partial charge in [-0.25, -0.2) is 0 Å². The first-order valence-corrected chi connectivity index (χ1v) is 7.35. The summed E-state index contributed by atoms with van der Waals surface area (Å²) in [7, 11) is 0. The van der Waals surface area contributed by atoms with Gasteiger partial charge in [0.05, 0.1) is 17.0 Å². The first kappa shape index (κ1) is 14.2. The number of allylic oxidation sites excluding steroid dienone is 2. The highest BCUT2D eigenvalue weighted by Crippen LogP contribution is 2.32. The lowest BCUT2D eigenvalue weighted by Crippen LogP contribution is -2.16. The molecule has 0 bridgehead atoms. The average molecular weight is 322 g/mol. The van der Waals surface area contributed by atoms with Crippen LogP contribution in [0.3, 0.4) is 0 Å².